The van der Waals surface area contributed by atoms with E-state index in [1.54, 1.807) is 17.0 Å². The second kappa shape index (κ2) is 7.74. The van der Waals surface area contributed by atoms with E-state index in [-0.39, 0.29) is 11.6 Å². The van der Waals surface area contributed by atoms with Gasteiger partial charge in [-0.3, -0.25) is 0 Å². The van der Waals surface area contributed by atoms with E-state index in [2.05, 4.69) is 10.6 Å². The summed E-state index contributed by atoms with van der Waals surface area (Å²) in [6.45, 7) is 2.40. The molecule has 0 saturated carbocycles. The first-order valence-corrected chi connectivity index (χ1v) is 7.91. The number of thioether (sulfide) groups is 1. The van der Waals surface area contributed by atoms with E-state index < -0.39 is 5.82 Å². The van der Waals surface area contributed by atoms with Gasteiger partial charge in [-0.2, -0.15) is 17.0 Å². The van der Waals surface area contributed by atoms with Gasteiger partial charge in [0.2, 0.25) is 0 Å². The van der Waals surface area contributed by atoms with Gasteiger partial charge in [0.25, 0.3) is 0 Å². The van der Waals surface area contributed by atoms with Crippen LogP contribution in [0.25, 0.3) is 0 Å². The van der Waals surface area contributed by atoms with Gasteiger partial charge >= 0.3 is 6.03 Å². The van der Waals surface area contributed by atoms with Crippen molar-refractivity contribution in [2.45, 2.75) is 0 Å². The van der Waals surface area contributed by atoms with Gasteiger partial charge in [0.15, 0.2) is 0 Å². The lowest BCUT2D eigenvalue weighted by Crippen LogP contribution is -2.45. The maximum absolute atomic E-state index is 13.4. The van der Waals surface area contributed by atoms with Crippen LogP contribution in [-0.2, 0) is 0 Å². The van der Waals surface area contributed by atoms with E-state index >= 15 is 0 Å². The Morgan fingerprint density at radius 1 is 1.38 bits per heavy atom. The number of nitrogens with one attached hydrogen (secondary N) is 2. The fourth-order valence-corrected chi connectivity index (χ4v) is 2.93. The SMILES string of the molecule is N#Cc1c(F)cccc1NCCNC(=O)N1CCSCC1. The quantitative estimate of drug-likeness (QED) is 0.833. The lowest BCUT2D eigenvalue weighted by molar-refractivity contribution is 0.203. The summed E-state index contributed by atoms with van der Waals surface area (Å²) in [6, 6.07) is 6.20. The highest BCUT2D eigenvalue weighted by atomic mass is 32.2. The van der Waals surface area contributed by atoms with Crippen LogP contribution < -0.4 is 10.6 Å². The molecule has 1 aliphatic heterocycles. The number of carbonyl (C=O) groups is 1. The standard InChI is InChI=1S/C14H17FN4OS/c15-12-2-1-3-13(11(12)10-16)17-4-5-18-14(20)19-6-8-21-9-7-19/h1-3,17H,4-9H2,(H,18,20). The third kappa shape index (κ3) is 4.26. The molecule has 2 amide bonds. The van der Waals surface area contributed by atoms with Gasteiger partial charge in [-0.15, -0.1) is 0 Å². The molecule has 1 aromatic carbocycles. The zero-order chi connectivity index (χ0) is 15.1. The first-order valence-electron chi connectivity index (χ1n) is 6.75. The molecule has 1 heterocycles. The van der Waals surface area contributed by atoms with Crippen molar-refractivity contribution in [2.24, 2.45) is 0 Å². The molecule has 21 heavy (non-hydrogen) atoms. The summed E-state index contributed by atoms with van der Waals surface area (Å²) in [6.07, 6.45) is 0. The molecule has 0 aromatic heterocycles. The first kappa shape index (κ1) is 15.4. The number of hydrogen-bond acceptors (Lipinski definition) is 4. The normalized spacial score (nSPS) is 14.4. The van der Waals surface area contributed by atoms with E-state index in [1.807, 2.05) is 17.8 Å². The van der Waals surface area contributed by atoms with Gasteiger partial charge in [-0.05, 0) is 12.1 Å². The number of urea groups is 1. The molecule has 0 atom stereocenters. The number of halogens is 1. The summed E-state index contributed by atoms with van der Waals surface area (Å²) in [5.41, 5.74) is 0.443. The molecule has 7 heteroatoms. The van der Waals surface area contributed by atoms with Crippen molar-refractivity contribution in [2.75, 3.05) is 43.0 Å². The highest BCUT2D eigenvalue weighted by Crippen LogP contribution is 2.17. The van der Waals surface area contributed by atoms with Crippen LogP contribution in [0.3, 0.4) is 0 Å². The van der Waals surface area contributed by atoms with Crippen molar-refractivity contribution < 1.29 is 9.18 Å². The predicted molar refractivity (Wildman–Crippen MR) is 81.9 cm³/mol. The topological polar surface area (TPSA) is 68.2 Å². The van der Waals surface area contributed by atoms with Crippen LogP contribution in [0, 0.1) is 17.1 Å². The van der Waals surface area contributed by atoms with Crippen LogP contribution in [0.5, 0.6) is 0 Å². The first-order chi connectivity index (χ1) is 10.2. The summed E-state index contributed by atoms with van der Waals surface area (Å²) in [7, 11) is 0. The van der Waals surface area contributed by atoms with Crippen molar-refractivity contribution in [3.8, 4) is 6.07 Å². The molecule has 2 rings (SSSR count). The van der Waals surface area contributed by atoms with Gasteiger partial charge in [0.1, 0.15) is 17.4 Å². The molecule has 1 saturated heterocycles. The molecule has 0 unspecified atom stereocenters. The molecule has 1 aliphatic rings. The maximum Gasteiger partial charge on any atom is 0.317 e. The summed E-state index contributed by atoms with van der Waals surface area (Å²) < 4.78 is 13.4. The van der Waals surface area contributed by atoms with Crippen LogP contribution in [0.1, 0.15) is 5.56 Å². The summed E-state index contributed by atoms with van der Waals surface area (Å²) >= 11 is 1.85. The molecule has 0 bridgehead atoms. The zero-order valence-corrected chi connectivity index (χ0v) is 12.4. The second-order valence-corrected chi connectivity index (χ2v) is 5.76. The van der Waals surface area contributed by atoms with Crippen molar-refractivity contribution in [3.63, 3.8) is 0 Å². The lowest BCUT2D eigenvalue weighted by atomic mass is 10.2. The molecule has 0 spiro atoms. The Kier molecular flexibility index (Phi) is 5.69. The summed E-state index contributed by atoms with van der Waals surface area (Å²) in [4.78, 5) is 13.6. The largest absolute Gasteiger partial charge is 0.382 e. The van der Waals surface area contributed by atoms with Crippen LogP contribution in [-0.4, -0.2) is 48.6 Å². The Morgan fingerprint density at radius 2 is 2.14 bits per heavy atom. The Hall–Kier alpha value is -1.94. The molecule has 0 radical (unpaired) electrons. The zero-order valence-electron chi connectivity index (χ0n) is 11.6. The number of nitrogens with zero attached hydrogens (tertiary/aromatic N) is 2. The Bertz CT molecular complexity index is 540. The van der Waals surface area contributed by atoms with Crippen molar-refractivity contribution in [1.29, 1.82) is 5.26 Å². The van der Waals surface area contributed by atoms with Gasteiger partial charge in [-0.25, -0.2) is 9.18 Å². The van der Waals surface area contributed by atoms with Crippen molar-refractivity contribution >= 4 is 23.5 Å². The average molecular weight is 308 g/mol. The summed E-state index contributed by atoms with van der Waals surface area (Å²) in [5, 5.41) is 14.7. The van der Waals surface area contributed by atoms with Crippen LogP contribution >= 0.6 is 11.8 Å². The van der Waals surface area contributed by atoms with Gasteiger partial charge in [0.05, 0.1) is 5.69 Å². The van der Waals surface area contributed by atoms with E-state index in [4.69, 9.17) is 5.26 Å². The maximum atomic E-state index is 13.4. The number of nitriles is 1. The van der Waals surface area contributed by atoms with E-state index in [0.717, 1.165) is 24.6 Å². The number of amides is 2. The van der Waals surface area contributed by atoms with Crippen LogP contribution in [0.15, 0.2) is 18.2 Å². The van der Waals surface area contributed by atoms with Gasteiger partial charge in [0, 0.05) is 37.7 Å². The monoisotopic (exact) mass is 308 g/mol. The minimum absolute atomic E-state index is 0.00289. The summed E-state index contributed by atoms with van der Waals surface area (Å²) in [5.74, 6) is 1.40. The highest BCUT2D eigenvalue weighted by Gasteiger charge is 2.15. The fourth-order valence-electron chi connectivity index (χ4n) is 2.03. The Morgan fingerprint density at radius 3 is 2.86 bits per heavy atom. The fraction of sp³-hybridized carbons (Fsp3) is 0.429. The second-order valence-electron chi connectivity index (χ2n) is 4.53. The average Bonchev–Trinajstić information content (AvgIpc) is 2.52. The number of rotatable bonds is 4. The predicted octanol–water partition coefficient (Wildman–Crippen LogP) is 1.87. The molecular formula is C14H17FN4OS. The van der Waals surface area contributed by atoms with E-state index in [0.29, 0.717) is 18.8 Å². The van der Waals surface area contributed by atoms with Gasteiger partial charge in [-0.1, -0.05) is 6.07 Å². The minimum Gasteiger partial charge on any atom is -0.382 e. The van der Waals surface area contributed by atoms with Crippen molar-refractivity contribution in [1.82, 2.24) is 10.2 Å². The van der Waals surface area contributed by atoms with Gasteiger partial charge < -0.3 is 15.5 Å². The number of hydrogen-bond donors (Lipinski definition) is 2. The van der Waals surface area contributed by atoms with Crippen molar-refractivity contribution in [3.05, 3.63) is 29.6 Å². The third-order valence-electron chi connectivity index (χ3n) is 3.14. The molecule has 0 aliphatic carbocycles. The number of anilines is 1. The minimum atomic E-state index is -0.544. The highest BCUT2D eigenvalue weighted by molar-refractivity contribution is 7.99. The third-order valence-corrected chi connectivity index (χ3v) is 4.08. The smallest absolute Gasteiger partial charge is 0.317 e. The molecule has 5 nitrogen and oxygen atoms in total. The molecule has 1 fully saturated rings. The number of carbonyl (C=O) groups excluding carboxylic acids is 1. The Labute approximate surface area is 127 Å². The van der Waals surface area contributed by atoms with E-state index in [1.165, 1.54) is 6.07 Å². The van der Waals surface area contributed by atoms with E-state index in [9.17, 15) is 9.18 Å². The van der Waals surface area contributed by atoms with Crippen LogP contribution in [0.2, 0.25) is 0 Å². The van der Waals surface area contributed by atoms with Crippen LogP contribution in [0.4, 0.5) is 14.9 Å². The molecular weight excluding hydrogens is 291 g/mol. The molecule has 112 valence electrons. The number of benzene rings is 1. The lowest BCUT2D eigenvalue weighted by Gasteiger charge is -2.26. The molecule has 1 aromatic rings. The molecule has 2 N–H and O–H groups in total. The Balaban J connectivity index is 1.76.